The second-order valence-corrected chi connectivity index (χ2v) is 8.79. The molecule has 4 nitrogen and oxygen atoms in total. The van der Waals surface area contributed by atoms with Gasteiger partial charge in [-0.15, -0.1) is 0 Å². The molecule has 0 aliphatic heterocycles. The summed E-state index contributed by atoms with van der Waals surface area (Å²) >= 11 is 0. The number of allylic oxidation sites excluding steroid dienone is 3. The molecule has 0 heterocycles. The Kier molecular flexibility index (Phi) is 3.64. The van der Waals surface area contributed by atoms with Gasteiger partial charge in [-0.25, -0.2) is 4.39 Å². The lowest BCUT2D eigenvalue weighted by atomic mass is 9.46. The van der Waals surface area contributed by atoms with Gasteiger partial charge in [-0.2, -0.15) is 0 Å². The van der Waals surface area contributed by atoms with Crippen molar-refractivity contribution >= 4 is 17.5 Å². The van der Waals surface area contributed by atoms with Gasteiger partial charge in [0.15, 0.2) is 5.78 Å². The number of rotatable bonds is 1. The van der Waals surface area contributed by atoms with Crippen molar-refractivity contribution in [3.8, 4) is 0 Å². The summed E-state index contributed by atoms with van der Waals surface area (Å²) in [5.41, 5.74) is -2.46. The Morgan fingerprint density at radius 1 is 1.12 bits per heavy atom. The molecule has 3 saturated carbocycles. The third kappa shape index (κ3) is 2.03. The Labute approximate surface area is 152 Å². The molecule has 0 aromatic carbocycles. The van der Waals surface area contributed by atoms with Gasteiger partial charge in [0.25, 0.3) is 0 Å². The van der Waals surface area contributed by atoms with Crippen LogP contribution in [0.2, 0.25) is 0 Å². The summed E-state index contributed by atoms with van der Waals surface area (Å²) in [6.45, 7) is 5.03. The first kappa shape index (κ1) is 17.6. The van der Waals surface area contributed by atoms with E-state index in [4.69, 9.17) is 4.74 Å². The maximum Gasteiger partial charge on any atom is 0.307 e. The van der Waals surface area contributed by atoms with E-state index in [0.717, 1.165) is 6.42 Å². The van der Waals surface area contributed by atoms with E-state index < -0.39 is 22.5 Å². The summed E-state index contributed by atoms with van der Waals surface area (Å²) in [6.07, 6.45) is 6.01. The molecule has 0 aromatic rings. The van der Waals surface area contributed by atoms with Crippen molar-refractivity contribution in [3.05, 3.63) is 23.5 Å². The Balaban J connectivity index is 1.82. The summed E-state index contributed by atoms with van der Waals surface area (Å²) in [5.74, 6) is -0.662. The molecule has 26 heavy (non-hydrogen) atoms. The van der Waals surface area contributed by atoms with Gasteiger partial charge in [0.1, 0.15) is 17.2 Å². The second kappa shape index (κ2) is 5.37. The van der Waals surface area contributed by atoms with Crippen molar-refractivity contribution in [2.24, 2.45) is 22.7 Å². The molecule has 5 atom stereocenters. The van der Waals surface area contributed by atoms with Crippen LogP contribution in [0, 0.1) is 22.7 Å². The zero-order chi connectivity index (χ0) is 18.9. The molecule has 0 saturated heterocycles. The average molecular weight is 360 g/mol. The van der Waals surface area contributed by atoms with Crippen molar-refractivity contribution < 1.29 is 23.5 Å². The van der Waals surface area contributed by atoms with Crippen LogP contribution in [0.4, 0.5) is 4.39 Å². The van der Waals surface area contributed by atoms with Gasteiger partial charge in [0.05, 0.1) is 5.41 Å². The Bertz CT molecular complexity index is 781. The first-order chi connectivity index (χ1) is 12.1. The number of halogens is 1. The van der Waals surface area contributed by atoms with E-state index >= 15 is 4.39 Å². The van der Waals surface area contributed by atoms with Crippen LogP contribution in [0.25, 0.3) is 0 Å². The molecule has 0 N–H and O–H groups in total. The maximum atomic E-state index is 16.8. The average Bonchev–Trinajstić information content (AvgIpc) is 2.85. The van der Waals surface area contributed by atoms with Crippen molar-refractivity contribution in [1.29, 1.82) is 0 Å². The molecule has 0 radical (unpaired) electrons. The Hall–Kier alpha value is -1.78. The number of hydrogen-bond acceptors (Lipinski definition) is 4. The topological polar surface area (TPSA) is 60.4 Å². The van der Waals surface area contributed by atoms with Crippen molar-refractivity contribution in [3.63, 3.8) is 0 Å². The minimum atomic E-state index is -1.62. The van der Waals surface area contributed by atoms with Gasteiger partial charge in [-0.05, 0) is 62.5 Å². The highest BCUT2D eigenvalue weighted by Gasteiger charge is 2.69. The second-order valence-electron chi connectivity index (χ2n) is 8.79. The standard InChI is InChI=1S/C21H25FO4/c1-12(23)26-18-11-14(24)10-13-4-5-16-15-6-7-17(25)19(15,2)8-9-21(16,22)20(13,18)3/h10-11,15-16H,4-9H2,1-3H3/t15-,16-,19-,20+,21+/m0/s1. The number of Topliss-reactive ketones (excluding diaryl/α,β-unsaturated/α-hetero) is 1. The van der Waals surface area contributed by atoms with E-state index in [2.05, 4.69) is 0 Å². The fraction of sp³-hybridized carbons (Fsp3) is 0.667. The normalized spacial score (nSPS) is 44.5. The molecule has 0 amide bonds. The quantitative estimate of drug-likeness (QED) is 0.667. The van der Waals surface area contributed by atoms with Crippen molar-refractivity contribution in [1.82, 2.24) is 0 Å². The first-order valence-electron chi connectivity index (χ1n) is 9.51. The fourth-order valence-electron chi connectivity index (χ4n) is 6.24. The molecule has 4 rings (SSSR count). The Morgan fingerprint density at radius 3 is 2.50 bits per heavy atom. The van der Waals surface area contributed by atoms with Crippen LogP contribution >= 0.6 is 0 Å². The van der Waals surface area contributed by atoms with Crippen LogP contribution in [0.3, 0.4) is 0 Å². The molecule has 3 fully saturated rings. The molecule has 0 bridgehead atoms. The SMILES string of the molecule is CC(=O)OC1=CC(=O)C=C2CC[C@H]3[C@@H]4CCC(=O)[C@@]4(C)CC[C@]3(F)[C@]21C. The van der Waals surface area contributed by atoms with E-state index in [9.17, 15) is 14.4 Å². The molecular formula is C21H25FO4. The van der Waals surface area contributed by atoms with Gasteiger partial charge in [-0.1, -0.05) is 6.92 Å². The van der Waals surface area contributed by atoms with Gasteiger partial charge in [0, 0.05) is 24.8 Å². The van der Waals surface area contributed by atoms with Gasteiger partial charge < -0.3 is 4.74 Å². The van der Waals surface area contributed by atoms with Crippen LogP contribution < -0.4 is 0 Å². The van der Waals surface area contributed by atoms with E-state index in [-0.39, 0.29) is 35.6 Å². The number of ketones is 2. The van der Waals surface area contributed by atoms with Crippen molar-refractivity contribution in [2.75, 3.05) is 0 Å². The maximum absolute atomic E-state index is 16.8. The van der Waals surface area contributed by atoms with E-state index in [1.54, 1.807) is 6.92 Å². The van der Waals surface area contributed by atoms with Crippen molar-refractivity contribution in [2.45, 2.75) is 65.0 Å². The molecule has 140 valence electrons. The third-order valence-corrected chi connectivity index (χ3v) is 7.75. The Morgan fingerprint density at radius 2 is 1.81 bits per heavy atom. The van der Waals surface area contributed by atoms with Crippen LogP contribution in [0.5, 0.6) is 0 Å². The minimum Gasteiger partial charge on any atom is -0.430 e. The molecule has 0 unspecified atom stereocenters. The van der Waals surface area contributed by atoms with E-state index in [1.807, 2.05) is 6.92 Å². The number of carbonyl (C=O) groups excluding carboxylic acids is 3. The number of ether oxygens (including phenoxy) is 1. The third-order valence-electron chi connectivity index (χ3n) is 7.75. The molecular weight excluding hydrogens is 335 g/mol. The number of carbonyl (C=O) groups is 3. The lowest BCUT2D eigenvalue weighted by molar-refractivity contribution is -0.156. The van der Waals surface area contributed by atoms with Crippen LogP contribution in [-0.4, -0.2) is 23.2 Å². The number of alkyl halides is 1. The zero-order valence-electron chi connectivity index (χ0n) is 15.6. The molecule has 0 spiro atoms. The minimum absolute atomic E-state index is 0.0170. The van der Waals surface area contributed by atoms with Gasteiger partial charge in [0.2, 0.25) is 0 Å². The summed E-state index contributed by atoms with van der Waals surface area (Å²) in [7, 11) is 0. The fourth-order valence-corrected chi connectivity index (χ4v) is 6.24. The van der Waals surface area contributed by atoms with Gasteiger partial charge in [-0.3, -0.25) is 14.4 Å². The predicted octanol–water partition coefficient (Wildman–Crippen LogP) is 3.85. The van der Waals surface area contributed by atoms with E-state index in [0.29, 0.717) is 31.3 Å². The summed E-state index contributed by atoms with van der Waals surface area (Å²) < 4.78 is 22.2. The smallest absolute Gasteiger partial charge is 0.307 e. The number of esters is 1. The lowest BCUT2D eigenvalue weighted by Gasteiger charge is -2.59. The molecule has 4 aliphatic carbocycles. The zero-order valence-corrected chi connectivity index (χ0v) is 15.6. The summed E-state index contributed by atoms with van der Waals surface area (Å²) in [4.78, 5) is 36.2. The summed E-state index contributed by atoms with van der Waals surface area (Å²) in [6, 6.07) is 0. The monoisotopic (exact) mass is 360 g/mol. The van der Waals surface area contributed by atoms with Crippen LogP contribution in [0.15, 0.2) is 23.5 Å². The predicted molar refractivity (Wildman–Crippen MR) is 92.7 cm³/mol. The highest BCUT2D eigenvalue weighted by molar-refractivity contribution is 6.02. The summed E-state index contributed by atoms with van der Waals surface area (Å²) in [5, 5.41) is 0. The molecule has 0 aromatic heterocycles. The van der Waals surface area contributed by atoms with Crippen LogP contribution in [-0.2, 0) is 19.1 Å². The van der Waals surface area contributed by atoms with Gasteiger partial charge >= 0.3 is 5.97 Å². The first-order valence-corrected chi connectivity index (χ1v) is 9.51. The van der Waals surface area contributed by atoms with Crippen LogP contribution in [0.1, 0.15) is 59.3 Å². The molecule has 5 heteroatoms. The highest BCUT2D eigenvalue weighted by Crippen LogP contribution is 2.68. The number of fused-ring (bicyclic) bond motifs is 5. The molecule has 4 aliphatic rings. The van der Waals surface area contributed by atoms with E-state index in [1.165, 1.54) is 19.1 Å². The number of hydrogen-bond donors (Lipinski definition) is 0. The highest BCUT2D eigenvalue weighted by atomic mass is 19.1. The lowest BCUT2D eigenvalue weighted by Crippen LogP contribution is -2.61. The largest absolute Gasteiger partial charge is 0.430 e.